The van der Waals surface area contributed by atoms with Gasteiger partial charge in [0.1, 0.15) is 23.7 Å². The van der Waals surface area contributed by atoms with E-state index in [-0.39, 0.29) is 11.3 Å². The van der Waals surface area contributed by atoms with Crippen molar-refractivity contribution in [2.45, 2.75) is 32.1 Å². The van der Waals surface area contributed by atoms with E-state index in [4.69, 9.17) is 0 Å². The predicted molar refractivity (Wildman–Crippen MR) is 104 cm³/mol. The summed E-state index contributed by atoms with van der Waals surface area (Å²) in [6.07, 6.45) is 5.71. The van der Waals surface area contributed by atoms with Crippen molar-refractivity contribution in [3.63, 3.8) is 0 Å². The van der Waals surface area contributed by atoms with Crippen LogP contribution in [0.4, 0.5) is 10.1 Å². The molecule has 1 saturated carbocycles. The Labute approximate surface area is 167 Å². The summed E-state index contributed by atoms with van der Waals surface area (Å²) in [5.74, 6) is 4.15. The lowest BCUT2D eigenvalue weighted by Crippen LogP contribution is -2.30. The third-order valence-corrected chi connectivity index (χ3v) is 6.42. The maximum absolute atomic E-state index is 15.1. The van der Waals surface area contributed by atoms with E-state index in [9.17, 15) is 18.3 Å². The second kappa shape index (κ2) is 7.40. The Morgan fingerprint density at radius 3 is 2.69 bits per heavy atom. The molecule has 0 radical (unpaired) electrons. The number of anilines is 1. The molecule has 2 aromatic rings. The normalized spacial score (nSPS) is 18.9. The van der Waals surface area contributed by atoms with Crippen molar-refractivity contribution in [3.05, 3.63) is 29.7 Å². The molecule has 8 nitrogen and oxygen atoms in total. The number of benzene rings is 1. The van der Waals surface area contributed by atoms with Crippen molar-refractivity contribution in [2.75, 3.05) is 10.8 Å². The summed E-state index contributed by atoms with van der Waals surface area (Å²) in [5.41, 5.74) is 0.147. The predicted octanol–water partition coefficient (Wildman–Crippen LogP) is 2.03. The van der Waals surface area contributed by atoms with Crippen LogP contribution in [0.5, 0.6) is 5.75 Å². The van der Waals surface area contributed by atoms with Crippen molar-refractivity contribution in [1.29, 1.82) is 0 Å². The van der Waals surface area contributed by atoms with Crippen molar-refractivity contribution >= 4 is 21.8 Å². The highest BCUT2D eigenvalue weighted by atomic mass is 32.2. The molecule has 3 N–H and O–H groups in total. The van der Waals surface area contributed by atoms with Gasteiger partial charge in [-0.3, -0.25) is 9.89 Å². The van der Waals surface area contributed by atoms with Crippen LogP contribution in [-0.2, 0) is 15.0 Å². The topological polar surface area (TPSA) is 115 Å². The summed E-state index contributed by atoms with van der Waals surface area (Å²) in [4.78, 5) is 11.5. The summed E-state index contributed by atoms with van der Waals surface area (Å²) in [6.45, 7) is -0.614. The molecule has 1 aromatic heterocycles. The van der Waals surface area contributed by atoms with Gasteiger partial charge in [-0.1, -0.05) is 25.2 Å². The molecular weight excluding hydrogens is 399 g/mol. The summed E-state index contributed by atoms with van der Waals surface area (Å²) in [7, 11) is -4.26. The van der Waals surface area contributed by atoms with E-state index in [2.05, 4.69) is 22.0 Å². The van der Waals surface area contributed by atoms with Crippen LogP contribution >= 0.6 is 0 Å². The molecule has 2 aliphatic rings. The van der Waals surface area contributed by atoms with E-state index in [1.165, 1.54) is 31.4 Å². The first kappa shape index (κ1) is 19.3. The lowest BCUT2D eigenvalue weighted by molar-refractivity contribution is -0.117. The van der Waals surface area contributed by atoms with E-state index >= 15 is 4.39 Å². The van der Waals surface area contributed by atoms with Gasteiger partial charge in [-0.05, 0) is 37.0 Å². The van der Waals surface area contributed by atoms with Gasteiger partial charge in [0, 0.05) is 11.5 Å². The largest absolute Gasteiger partial charge is 0.506 e. The number of phenolic OH excluding ortho intramolecular Hbond substituents is 1. The average Bonchev–Trinajstić information content (AvgIpc) is 3.25. The molecule has 0 bridgehead atoms. The molecule has 2 heterocycles. The molecular formula is C19H19FN4O4S. The number of hydrogen-bond acceptors (Lipinski definition) is 5. The molecule has 1 aliphatic heterocycles. The zero-order valence-electron chi connectivity index (χ0n) is 15.4. The van der Waals surface area contributed by atoms with Crippen LogP contribution in [0.1, 0.15) is 37.8 Å². The number of amides is 1. The van der Waals surface area contributed by atoms with Gasteiger partial charge >= 0.3 is 10.2 Å². The molecule has 29 heavy (non-hydrogen) atoms. The molecule has 1 aromatic carbocycles. The molecule has 1 aliphatic carbocycles. The zero-order valence-corrected chi connectivity index (χ0v) is 16.2. The summed E-state index contributed by atoms with van der Waals surface area (Å²) in [6, 6.07) is 4.04. The molecule has 4 rings (SSSR count). The smallest absolute Gasteiger partial charge is 0.326 e. The Balaban J connectivity index is 1.66. The third kappa shape index (κ3) is 3.78. The number of rotatable bonds is 2. The lowest BCUT2D eigenvalue weighted by Gasteiger charge is -2.18. The zero-order chi connectivity index (χ0) is 20.6. The fraction of sp³-hybridized carbons (Fsp3) is 0.368. The second-order valence-electron chi connectivity index (χ2n) is 7.10. The third-order valence-electron chi connectivity index (χ3n) is 5.04. The molecule has 0 atom stereocenters. The van der Waals surface area contributed by atoms with E-state index in [0.717, 1.165) is 12.8 Å². The summed E-state index contributed by atoms with van der Waals surface area (Å²) >= 11 is 0. The van der Waals surface area contributed by atoms with Crippen molar-refractivity contribution in [3.8, 4) is 28.8 Å². The number of carbonyl (C=O) groups is 1. The van der Waals surface area contributed by atoms with Crippen LogP contribution in [0.15, 0.2) is 18.2 Å². The van der Waals surface area contributed by atoms with Crippen LogP contribution in [0.3, 0.4) is 0 Å². The first-order valence-electron chi connectivity index (χ1n) is 9.27. The van der Waals surface area contributed by atoms with Gasteiger partial charge in [-0.2, -0.15) is 13.5 Å². The van der Waals surface area contributed by atoms with Crippen LogP contribution in [0.25, 0.3) is 11.3 Å². The fourth-order valence-electron chi connectivity index (χ4n) is 3.59. The number of nitrogens with one attached hydrogen (secondary N) is 2. The number of hydrogen-bond donors (Lipinski definition) is 3. The molecule has 0 unspecified atom stereocenters. The monoisotopic (exact) mass is 418 g/mol. The SMILES string of the molecule is O=C1CN(c2c(O)ccc(-c3cc(C#CC4CCCCC4)n[nH]3)c2F)S(=O)(=O)N1. The van der Waals surface area contributed by atoms with Crippen LogP contribution in [0, 0.1) is 23.6 Å². The number of nitrogens with zero attached hydrogens (tertiary/aromatic N) is 2. The van der Waals surface area contributed by atoms with Gasteiger partial charge in [0.15, 0.2) is 5.82 Å². The van der Waals surface area contributed by atoms with E-state index < -0.39 is 39.9 Å². The van der Waals surface area contributed by atoms with E-state index in [1.807, 2.05) is 0 Å². The average molecular weight is 418 g/mol. The number of H-pyrrole nitrogens is 1. The van der Waals surface area contributed by atoms with Gasteiger partial charge in [-0.25, -0.2) is 13.4 Å². The van der Waals surface area contributed by atoms with E-state index in [0.29, 0.717) is 15.9 Å². The first-order valence-corrected chi connectivity index (χ1v) is 10.7. The highest BCUT2D eigenvalue weighted by molar-refractivity contribution is 7.92. The van der Waals surface area contributed by atoms with Gasteiger partial charge in [0.05, 0.1) is 5.69 Å². The first-order chi connectivity index (χ1) is 13.8. The van der Waals surface area contributed by atoms with Gasteiger partial charge in [-0.15, -0.1) is 0 Å². The fourth-order valence-corrected chi connectivity index (χ4v) is 4.76. The molecule has 0 spiro atoms. The number of phenols is 1. The number of carbonyl (C=O) groups excluding carboxylic acids is 1. The van der Waals surface area contributed by atoms with E-state index in [1.54, 1.807) is 10.8 Å². The Morgan fingerprint density at radius 1 is 1.24 bits per heavy atom. The van der Waals surface area contributed by atoms with Crippen molar-refractivity contribution < 1.29 is 22.7 Å². The Kier molecular flexibility index (Phi) is 4.92. The van der Waals surface area contributed by atoms with Gasteiger partial charge in [0.25, 0.3) is 5.91 Å². The number of halogens is 1. The molecule has 10 heteroatoms. The second-order valence-corrected chi connectivity index (χ2v) is 8.70. The van der Waals surface area contributed by atoms with Gasteiger partial charge < -0.3 is 5.11 Å². The molecule has 1 saturated heterocycles. The minimum absolute atomic E-state index is 0.00515. The number of aromatic nitrogens is 2. The minimum Gasteiger partial charge on any atom is -0.506 e. The van der Waals surface area contributed by atoms with Gasteiger partial charge in [0.2, 0.25) is 0 Å². The van der Waals surface area contributed by atoms with Crippen LogP contribution < -0.4 is 9.03 Å². The van der Waals surface area contributed by atoms with Crippen molar-refractivity contribution in [2.24, 2.45) is 5.92 Å². The maximum atomic E-state index is 15.1. The molecule has 1 amide bonds. The lowest BCUT2D eigenvalue weighted by atomic mass is 9.90. The highest BCUT2D eigenvalue weighted by Crippen LogP contribution is 2.38. The maximum Gasteiger partial charge on any atom is 0.326 e. The van der Waals surface area contributed by atoms with Crippen LogP contribution in [0.2, 0.25) is 0 Å². The quantitative estimate of drug-likeness (QED) is 0.646. The number of aromatic hydroxyl groups is 1. The van der Waals surface area contributed by atoms with Crippen LogP contribution in [-0.4, -0.2) is 36.2 Å². The Morgan fingerprint density at radius 2 is 2.00 bits per heavy atom. The Hall–Kier alpha value is -3.06. The minimum atomic E-state index is -4.26. The summed E-state index contributed by atoms with van der Waals surface area (Å²) in [5, 5.41) is 16.8. The molecule has 2 fully saturated rings. The summed E-state index contributed by atoms with van der Waals surface area (Å²) < 4.78 is 41.5. The van der Waals surface area contributed by atoms with Crippen molar-refractivity contribution in [1.82, 2.24) is 14.9 Å². The standard InChI is InChI=1S/C19H19FN4O4S/c20-18-14(8-9-16(25)19(18)24-11-17(26)23-29(24,27)28)15-10-13(21-22-15)7-6-12-4-2-1-3-5-12/h8-10,12,25H,1-5,11H2,(H,21,22)(H,23,26). The number of aromatic amines is 1. The Bertz CT molecular complexity index is 1130. The highest BCUT2D eigenvalue weighted by Gasteiger charge is 2.38. The molecule has 152 valence electrons.